The zero-order valence-electron chi connectivity index (χ0n) is 8.32. The molecule has 1 aromatic rings. The molecule has 0 bridgehead atoms. The van der Waals surface area contributed by atoms with Crippen molar-refractivity contribution in [2.24, 2.45) is 5.73 Å². The highest BCUT2D eigenvalue weighted by Crippen LogP contribution is 2.10. The smallest absolute Gasteiger partial charge is 0.147 e. The number of imidazole rings is 1. The van der Waals surface area contributed by atoms with Crippen LogP contribution in [-0.4, -0.2) is 30.4 Å². The Morgan fingerprint density at radius 2 is 2.29 bits per heavy atom. The van der Waals surface area contributed by atoms with Crippen molar-refractivity contribution >= 4 is 9.84 Å². The van der Waals surface area contributed by atoms with Crippen LogP contribution in [0.2, 0.25) is 0 Å². The van der Waals surface area contributed by atoms with Crippen LogP contribution in [0.4, 0.5) is 0 Å². The summed E-state index contributed by atoms with van der Waals surface area (Å²) in [7, 11) is -2.94. The molecule has 0 radical (unpaired) electrons. The number of H-pyrrole nitrogens is 1. The summed E-state index contributed by atoms with van der Waals surface area (Å²) in [5.41, 5.74) is 6.68. The lowest BCUT2D eigenvalue weighted by molar-refractivity contribution is 0.587. The Bertz CT molecular complexity index is 396. The summed E-state index contributed by atoms with van der Waals surface area (Å²) in [5.74, 6) is 0.736. The van der Waals surface area contributed by atoms with Gasteiger partial charge in [0.05, 0.1) is 11.8 Å². The van der Waals surface area contributed by atoms with Crippen molar-refractivity contribution in [3.8, 4) is 0 Å². The number of hydrogen-bond donors (Lipinski definition) is 2. The van der Waals surface area contributed by atoms with E-state index in [0.29, 0.717) is 12.2 Å². The van der Waals surface area contributed by atoms with Gasteiger partial charge < -0.3 is 10.7 Å². The molecule has 14 heavy (non-hydrogen) atoms. The highest BCUT2D eigenvalue weighted by atomic mass is 32.2. The molecule has 1 unspecified atom stereocenters. The van der Waals surface area contributed by atoms with Crippen molar-refractivity contribution in [2.75, 3.05) is 12.0 Å². The van der Waals surface area contributed by atoms with Crippen LogP contribution < -0.4 is 5.73 Å². The summed E-state index contributed by atoms with van der Waals surface area (Å²) in [6.07, 6.45) is 3.27. The molecule has 1 aromatic heterocycles. The van der Waals surface area contributed by atoms with Crippen molar-refractivity contribution in [2.45, 2.75) is 19.4 Å². The van der Waals surface area contributed by atoms with Gasteiger partial charge in [-0.05, 0) is 13.3 Å². The van der Waals surface area contributed by atoms with Crippen molar-refractivity contribution < 1.29 is 8.42 Å². The lowest BCUT2D eigenvalue weighted by atomic mass is 10.2. The van der Waals surface area contributed by atoms with Crippen molar-refractivity contribution in [1.29, 1.82) is 0 Å². The van der Waals surface area contributed by atoms with E-state index in [2.05, 4.69) is 9.97 Å². The number of aryl methyl sites for hydroxylation is 1. The second-order valence-corrected chi connectivity index (χ2v) is 5.74. The summed E-state index contributed by atoms with van der Waals surface area (Å²) in [6.45, 7) is 1.87. The van der Waals surface area contributed by atoms with Gasteiger partial charge in [0, 0.05) is 18.1 Å². The Morgan fingerprint density at radius 3 is 2.71 bits per heavy atom. The minimum atomic E-state index is -2.94. The molecule has 6 heteroatoms. The molecule has 1 heterocycles. The van der Waals surface area contributed by atoms with Crippen LogP contribution >= 0.6 is 0 Å². The maximum Gasteiger partial charge on any atom is 0.147 e. The molecule has 1 atom stereocenters. The maximum atomic E-state index is 10.9. The fourth-order valence-corrected chi connectivity index (χ4v) is 1.78. The number of aromatic amines is 1. The molecule has 0 saturated carbocycles. The second-order valence-electron chi connectivity index (χ2n) is 3.48. The van der Waals surface area contributed by atoms with E-state index < -0.39 is 9.84 Å². The average Bonchev–Trinajstić information content (AvgIpc) is 2.46. The summed E-state index contributed by atoms with van der Waals surface area (Å²) in [5, 5.41) is 0. The lowest BCUT2D eigenvalue weighted by Gasteiger charge is -2.06. The molecule has 80 valence electrons. The first kappa shape index (κ1) is 11.2. The standard InChI is InChI=1S/C8H15N3O2S/c1-6-5-10-8(11-6)7(9)3-4-14(2,12)13/h5,7H,3-4,9H2,1-2H3,(H,10,11). The molecule has 0 saturated heterocycles. The van der Waals surface area contributed by atoms with Gasteiger partial charge in [-0.3, -0.25) is 0 Å². The lowest BCUT2D eigenvalue weighted by Crippen LogP contribution is -2.16. The van der Waals surface area contributed by atoms with Gasteiger partial charge in [-0.1, -0.05) is 0 Å². The number of hydrogen-bond acceptors (Lipinski definition) is 4. The van der Waals surface area contributed by atoms with Crippen LogP contribution in [0, 0.1) is 6.92 Å². The molecule has 1 rings (SSSR count). The van der Waals surface area contributed by atoms with Crippen molar-refractivity contribution in [3.05, 3.63) is 17.7 Å². The molecule has 0 aliphatic rings. The Hall–Kier alpha value is -0.880. The van der Waals surface area contributed by atoms with Gasteiger partial charge in [-0.15, -0.1) is 0 Å². The van der Waals surface area contributed by atoms with Gasteiger partial charge in [0.25, 0.3) is 0 Å². The fourth-order valence-electron chi connectivity index (χ4n) is 1.10. The van der Waals surface area contributed by atoms with E-state index >= 15 is 0 Å². The Balaban J connectivity index is 2.55. The molecule has 0 aromatic carbocycles. The van der Waals surface area contributed by atoms with E-state index in [4.69, 9.17) is 5.73 Å². The quantitative estimate of drug-likeness (QED) is 0.751. The number of rotatable bonds is 4. The zero-order chi connectivity index (χ0) is 10.8. The summed E-state index contributed by atoms with van der Waals surface area (Å²) < 4.78 is 21.8. The summed E-state index contributed by atoms with van der Waals surface area (Å²) in [4.78, 5) is 7.02. The predicted octanol–water partition coefficient (Wildman–Crippen LogP) is 0.153. The van der Waals surface area contributed by atoms with Crippen LogP contribution in [0.3, 0.4) is 0 Å². The van der Waals surface area contributed by atoms with Crippen LogP contribution in [-0.2, 0) is 9.84 Å². The number of nitrogens with one attached hydrogen (secondary N) is 1. The number of aromatic nitrogens is 2. The van der Waals surface area contributed by atoms with Crippen molar-refractivity contribution in [1.82, 2.24) is 9.97 Å². The summed E-state index contributed by atoms with van der Waals surface area (Å²) >= 11 is 0. The van der Waals surface area contributed by atoms with Gasteiger partial charge in [-0.2, -0.15) is 0 Å². The average molecular weight is 217 g/mol. The third-order valence-electron chi connectivity index (χ3n) is 1.87. The van der Waals surface area contributed by atoms with E-state index in [-0.39, 0.29) is 11.8 Å². The number of nitrogens with zero attached hydrogens (tertiary/aromatic N) is 1. The largest absolute Gasteiger partial charge is 0.345 e. The predicted molar refractivity (Wildman–Crippen MR) is 54.6 cm³/mol. The first-order chi connectivity index (χ1) is 6.38. The van der Waals surface area contributed by atoms with E-state index in [1.54, 1.807) is 6.20 Å². The molecule has 3 N–H and O–H groups in total. The zero-order valence-corrected chi connectivity index (χ0v) is 9.13. The Morgan fingerprint density at radius 1 is 1.64 bits per heavy atom. The Labute approximate surface area is 83.7 Å². The third kappa shape index (κ3) is 3.47. The topological polar surface area (TPSA) is 88.8 Å². The first-order valence-corrected chi connectivity index (χ1v) is 6.39. The molecular weight excluding hydrogens is 202 g/mol. The minimum Gasteiger partial charge on any atom is -0.345 e. The normalized spacial score (nSPS) is 14.2. The van der Waals surface area contributed by atoms with E-state index in [0.717, 1.165) is 5.69 Å². The van der Waals surface area contributed by atoms with Crippen LogP contribution in [0.1, 0.15) is 24.0 Å². The second kappa shape index (κ2) is 4.10. The monoisotopic (exact) mass is 217 g/mol. The molecule has 0 fully saturated rings. The van der Waals surface area contributed by atoms with Gasteiger partial charge >= 0.3 is 0 Å². The minimum absolute atomic E-state index is 0.0912. The van der Waals surface area contributed by atoms with E-state index in [9.17, 15) is 8.42 Å². The molecule has 0 spiro atoms. The molecular formula is C8H15N3O2S. The first-order valence-electron chi connectivity index (χ1n) is 4.33. The Kier molecular flexibility index (Phi) is 3.28. The number of nitrogens with two attached hydrogens (primary N) is 1. The van der Waals surface area contributed by atoms with Gasteiger partial charge in [0.2, 0.25) is 0 Å². The molecule has 0 amide bonds. The van der Waals surface area contributed by atoms with Gasteiger partial charge in [-0.25, -0.2) is 13.4 Å². The maximum absolute atomic E-state index is 10.9. The third-order valence-corrected chi connectivity index (χ3v) is 2.85. The SMILES string of the molecule is Cc1cnc(C(N)CCS(C)(=O)=O)[nH]1. The van der Waals surface area contributed by atoms with Crippen molar-refractivity contribution in [3.63, 3.8) is 0 Å². The van der Waals surface area contributed by atoms with Crippen LogP contribution in [0.5, 0.6) is 0 Å². The highest BCUT2D eigenvalue weighted by molar-refractivity contribution is 7.90. The van der Waals surface area contributed by atoms with Gasteiger partial charge in [0.1, 0.15) is 15.7 Å². The van der Waals surface area contributed by atoms with Crippen LogP contribution in [0.25, 0.3) is 0 Å². The van der Waals surface area contributed by atoms with Crippen LogP contribution in [0.15, 0.2) is 6.20 Å². The molecule has 5 nitrogen and oxygen atoms in total. The fraction of sp³-hybridized carbons (Fsp3) is 0.625. The highest BCUT2D eigenvalue weighted by Gasteiger charge is 2.12. The molecule has 0 aliphatic heterocycles. The van der Waals surface area contributed by atoms with E-state index in [1.807, 2.05) is 6.92 Å². The molecule has 0 aliphatic carbocycles. The van der Waals surface area contributed by atoms with Gasteiger partial charge in [0.15, 0.2) is 0 Å². The van der Waals surface area contributed by atoms with E-state index in [1.165, 1.54) is 6.26 Å². The number of sulfone groups is 1. The summed E-state index contributed by atoms with van der Waals surface area (Å²) in [6, 6.07) is -0.335.